The van der Waals surface area contributed by atoms with Crippen molar-refractivity contribution in [2.75, 3.05) is 14.2 Å². The zero-order valence-corrected chi connectivity index (χ0v) is 13.6. The molecule has 21 heavy (non-hydrogen) atoms. The molecule has 0 spiro atoms. The first-order valence-corrected chi connectivity index (χ1v) is 7.32. The Labute approximate surface area is 132 Å². The second kappa shape index (κ2) is 7.33. The number of hydrogen-bond donors (Lipinski definition) is 2. The van der Waals surface area contributed by atoms with Crippen molar-refractivity contribution in [2.24, 2.45) is 0 Å². The van der Waals surface area contributed by atoms with E-state index in [-0.39, 0.29) is 5.75 Å². The summed E-state index contributed by atoms with van der Waals surface area (Å²) in [6, 6.07) is 11.7. The van der Waals surface area contributed by atoms with Crippen LogP contribution in [0.4, 0.5) is 0 Å². The summed E-state index contributed by atoms with van der Waals surface area (Å²) in [5, 5.41) is 13.2. The number of phenolic OH excluding ortho intramolecular Hbond substituents is 1. The molecule has 0 atom stereocenters. The van der Waals surface area contributed by atoms with Gasteiger partial charge in [0.25, 0.3) is 0 Å². The minimum atomic E-state index is 0.0238. The number of rotatable bonds is 6. The van der Waals surface area contributed by atoms with Gasteiger partial charge < -0.3 is 19.9 Å². The van der Waals surface area contributed by atoms with Crippen LogP contribution < -0.4 is 14.8 Å². The van der Waals surface area contributed by atoms with Crippen molar-refractivity contribution in [1.82, 2.24) is 5.32 Å². The van der Waals surface area contributed by atoms with Crippen molar-refractivity contribution in [1.29, 1.82) is 0 Å². The Bertz CT molecular complexity index is 591. The molecule has 0 aliphatic rings. The third-order valence-corrected chi connectivity index (χ3v) is 3.58. The molecular weight excluding hydrogens is 334 g/mol. The Morgan fingerprint density at radius 2 is 1.62 bits per heavy atom. The summed E-state index contributed by atoms with van der Waals surface area (Å²) in [5.74, 6) is 0.845. The Morgan fingerprint density at radius 1 is 1.00 bits per heavy atom. The molecule has 0 aliphatic carbocycles. The number of hydrogen-bond acceptors (Lipinski definition) is 4. The second-order valence-electron chi connectivity index (χ2n) is 4.58. The van der Waals surface area contributed by atoms with Crippen molar-refractivity contribution in [3.05, 3.63) is 52.0 Å². The van der Waals surface area contributed by atoms with Gasteiger partial charge >= 0.3 is 0 Å². The van der Waals surface area contributed by atoms with E-state index in [2.05, 4.69) is 33.4 Å². The molecule has 2 aromatic rings. The zero-order valence-electron chi connectivity index (χ0n) is 12.0. The smallest absolute Gasteiger partial charge is 0.200 e. The quantitative estimate of drug-likeness (QED) is 0.836. The maximum atomic E-state index is 9.87. The third kappa shape index (κ3) is 4.12. The lowest BCUT2D eigenvalue weighted by Crippen LogP contribution is -2.12. The molecule has 0 saturated carbocycles. The predicted molar refractivity (Wildman–Crippen MR) is 85.9 cm³/mol. The zero-order chi connectivity index (χ0) is 15.2. The van der Waals surface area contributed by atoms with E-state index < -0.39 is 0 Å². The van der Waals surface area contributed by atoms with Crippen LogP contribution in [-0.4, -0.2) is 19.3 Å². The van der Waals surface area contributed by atoms with E-state index in [1.165, 1.54) is 19.8 Å². The molecule has 0 unspecified atom stereocenters. The van der Waals surface area contributed by atoms with Gasteiger partial charge in [0.15, 0.2) is 11.5 Å². The fourth-order valence-corrected chi connectivity index (χ4v) is 2.49. The summed E-state index contributed by atoms with van der Waals surface area (Å²) in [6.45, 7) is 1.41. The van der Waals surface area contributed by atoms with Gasteiger partial charge in [0.2, 0.25) is 5.75 Å². The van der Waals surface area contributed by atoms with Gasteiger partial charge in [0.1, 0.15) is 0 Å². The second-order valence-corrected chi connectivity index (χ2v) is 5.50. The lowest BCUT2D eigenvalue weighted by molar-refractivity contribution is 0.339. The van der Waals surface area contributed by atoms with Crippen LogP contribution in [-0.2, 0) is 13.1 Å². The third-order valence-electron chi connectivity index (χ3n) is 3.09. The van der Waals surface area contributed by atoms with Crippen LogP contribution in [0.2, 0.25) is 0 Å². The van der Waals surface area contributed by atoms with Crippen LogP contribution in [0.1, 0.15) is 11.1 Å². The largest absolute Gasteiger partial charge is 0.502 e. The van der Waals surface area contributed by atoms with Crippen molar-refractivity contribution >= 4 is 15.9 Å². The molecule has 0 saturated heterocycles. The van der Waals surface area contributed by atoms with E-state index in [0.29, 0.717) is 18.0 Å². The van der Waals surface area contributed by atoms with Gasteiger partial charge in [-0.25, -0.2) is 0 Å². The minimum Gasteiger partial charge on any atom is -0.502 e. The first kappa shape index (κ1) is 15.7. The number of phenols is 1. The summed E-state index contributed by atoms with van der Waals surface area (Å²) in [5.41, 5.74) is 2.18. The molecule has 0 aliphatic heterocycles. The number of halogens is 1. The average molecular weight is 352 g/mol. The van der Waals surface area contributed by atoms with E-state index >= 15 is 0 Å². The molecule has 2 N–H and O–H groups in total. The van der Waals surface area contributed by atoms with Crippen LogP contribution in [0.15, 0.2) is 40.9 Å². The van der Waals surface area contributed by atoms with Crippen LogP contribution in [0.25, 0.3) is 0 Å². The summed E-state index contributed by atoms with van der Waals surface area (Å²) in [7, 11) is 3.04. The summed E-state index contributed by atoms with van der Waals surface area (Å²) < 4.78 is 11.4. The molecule has 112 valence electrons. The Hall–Kier alpha value is -1.72. The highest BCUT2D eigenvalue weighted by Crippen LogP contribution is 2.37. The van der Waals surface area contributed by atoms with Crippen molar-refractivity contribution < 1.29 is 14.6 Å². The summed E-state index contributed by atoms with van der Waals surface area (Å²) in [4.78, 5) is 0. The van der Waals surface area contributed by atoms with E-state index in [4.69, 9.17) is 9.47 Å². The van der Waals surface area contributed by atoms with Crippen LogP contribution in [0.3, 0.4) is 0 Å². The van der Waals surface area contributed by atoms with Gasteiger partial charge in [0, 0.05) is 17.6 Å². The van der Waals surface area contributed by atoms with Crippen LogP contribution in [0.5, 0.6) is 17.2 Å². The van der Waals surface area contributed by atoms with Gasteiger partial charge in [-0.2, -0.15) is 0 Å². The Morgan fingerprint density at radius 3 is 2.19 bits per heavy atom. The Kier molecular flexibility index (Phi) is 5.47. The monoisotopic (exact) mass is 351 g/mol. The number of aromatic hydroxyl groups is 1. The molecule has 0 amide bonds. The molecule has 0 aromatic heterocycles. The predicted octanol–water partition coefficient (Wildman–Crippen LogP) is 3.46. The fourth-order valence-electron chi connectivity index (χ4n) is 2.05. The summed E-state index contributed by atoms with van der Waals surface area (Å²) >= 11 is 3.46. The standard InChI is InChI=1S/C16H18BrNO3/c1-20-14-7-12(8-15(21-2)16(14)19)10-18-9-11-4-3-5-13(17)6-11/h3-8,18-19H,9-10H2,1-2H3. The first-order valence-electron chi connectivity index (χ1n) is 6.53. The van der Waals surface area contributed by atoms with Crippen LogP contribution in [0, 0.1) is 0 Å². The topological polar surface area (TPSA) is 50.7 Å². The number of ether oxygens (including phenoxy) is 2. The van der Waals surface area contributed by atoms with Gasteiger partial charge in [0.05, 0.1) is 14.2 Å². The maximum Gasteiger partial charge on any atom is 0.200 e. The fraction of sp³-hybridized carbons (Fsp3) is 0.250. The van der Waals surface area contributed by atoms with Gasteiger partial charge in [-0.1, -0.05) is 28.1 Å². The van der Waals surface area contributed by atoms with Crippen molar-refractivity contribution in [3.63, 3.8) is 0 Å². The van der Waals surface area contributed by atoms with Gasteiger partial charge in [-0.15, -0.1) is 0 Å². The molecule has 0 fully saturated rings. The van der Waals surface area contributed by atoms with Gasteiger partial charge in [-0.3, -0.25) is 0 Å². The SMILES string of the molecule is COc1cc(CNCc2cccc(Br)c2)cc(OC)c1O. The number of nitrogens with one attached hydrogen (secondary N) is 1. The van der Waals surface area contributed by atoms with Crippen molar-refractivity contribution in [3.8, 4) is 17.2 Å². The molecule has 2 rings (SSSR count). The van der Waals surface area contributed by atoms with Gasteiger partial charge in [-0.05, 0) is 35.4 Å². The lowest BCUT2D eigenvalue weighted by Gasteiger charge is -2.12. The van der Waals surface area contributed by atoms with Crippen molar-refractivity contribution in [2.45, 2.75) is 13.1 Å². The molecule has 0 heterocycles. The number of benzene rings is 2. The average Bonchev–Trinajstić information content (AvgIpc) is 2.48. The summed E-state index contributed by atoms with van der Waals surface area (Å²) in [6.07, 6.45) is 0. The highest BCUT2D eigenvalue weighted by Gasteiger charge is 2.10. The number of methoxy groups -OCH3 is 2. The van der Waals surface area contributed by atoms with E-state index in [0.717, 1.165) is 16.6 Å². The molecule has 0 radical (unpaired) electrons. The highest BCUT2D eigenvalue weighted by molar-refractivity contribution is 9.10. The first-order chi connectivity index (χ1) is 10.1. The molecule has 0 bridgehead atoms. The van der Waals surface area contributed by atoms with E-state index in [1.807, 2.05) is 12.1 Å². The molecule has 5 heteroatoms. The maximum absolute atomic E-state index is 9.87. The molecule has 2 aromatic carbocycles. The molecule has 4 nitrogen and oxygen atoms in total. The Balaban J connectivity index is 2.03. The van der Waals surface area contributed by atoms with Crippen LogP contribution >= 0.6 is 15.9 Å². The normalized spacial score (nSPS) is 10.4. The lowest BCUT2D eigenvalue weighted by atomic mass is 10.1. The molecular formula is C16H18BrNO3. The van der Waals surface area contributed by atoms with E-state index in [1.54, 1.807) is 12.1 Å². The minimum absolute atomic E-state index is 0.0238. The highest BCUT2D eigenvalue weighted by atomic mass is 79.9. The van der Waals surface area contributed by atoms with E-state index in [9.17, 15) is 5.11 Å².